The van der Waals surface area contributed by atoms with Gasteiger partial charge in [-0.05, 0) is 58.6 Å². The van der Waals surface area contributed by atoms with Crippen LogP contribution in [0.4, 0.5) is 0 Å². The average molecular weight is 750 g/mol. The van der Waals surface area contributed by atoms with E-state index >= 15 is 0 Å². The maximum atomic E-state index is 9.90. The number of hydrogen-bond acceptors (Lipinski definition) is 5. The van der Waals surface area contributed by atoms with Crippen molar-refractivity contribution in [1.29, 1.82) is 0 Å². The van der Waals surface area contributed by atoms with Crippen molar-refractivity contribution >= 4 is 65.7 Å². The van der Waals surface area contributed by atoms with Crippen molar-refractivity contribution in [2.24, 2.45) is 0 Å². The van der Waals surface area contributed by atoms with Crippen molar-refractivity contribution in [1.82, 2.24) is 19.5 Å². The Labute approximate surface area is 352 Å². The van der Waals surface area contributed by atoms with Crippen molar-refractivity contribution in [3.63, 3.8) is 0 Å². The summed E-state index contributed by atoms with van der Waals surface area (Å²) in [6.45, 7) is 0. The molecule has 0 saturated heterocycles. The Morgan fingerprint density at radius 2 is 1.16 bits per heavy atom. The molecular weight excluding hydrogens is 701 g/mol. The minimum atomic E-state index is -0.730. The molecule has 0 N–H and O–H groups in total. The number of furan rings is 2. The first kappa shape index (κ1) is 18.2. The molecule has 0 saturated carbocycles. The van der Waals surface area contributed by atoms with E-state index in [1.807, 2.05) is 0 Å². The van der Waals surface area contributed by atoms with Crippen molar-refractivity contribution in [2.45, 2.75) is 0 Å². The van der Waals surface area contributed by atoms with Gasteiger partial charge in [0.15, 0.2) is 11.6 Å². The Morgan fingerprint density at radius 3 is 2.00 bits per heavy atom. The fourth-order valence-corrected chi connectivity index (χ4v) is 7.16. The van der Waals surface area contributed by atoms with Gasteiger partial charge in [0.25, 0.3) is 0 Å². The normalized spacial score (nSPS) is 16.5. The lowest BCUT2D eigenvalue weighted by Gasteiger charge is -2.11. The van der Waals surface area contributed by atoms with Crippen molar-refractivity contribution in [3.8, 4) is 51.0 Å². The number of para-hydroxylation sites is 1. The number of benzene rings is 8. The molecule has 6 nitrogen and oxygen atoms in total. The molecule has 0 fully saturated rings. The van der Waals surface area contributed by atoms with Crippen LogP contribution >= 0.6 is 0 Å². The number of rotatable bonds is 5. The third kappa shape index (κ3) is 5.01. The molecule has 266 valence electrons. The van der Waals surface area contributed by atoms with Gasteiger partial charge in [-0.2, -0.15) is 9.97 Å². The van der Waals surface area contributed by atoms with Gasteiger partial charge in [-0.25, -0.2) is 4.98 Å². The molecule has 57 heavy (non-hydrogen) atoms. The molecule has 0 bridgehead atoms. The largest absolute Gasteiger partial charge is 0.456 e. The Morgan fingerprint density at radius 1 is 0.421 bits per heavy atom. The summed E-state index contributed by atoms with van der Waals surface area (Å²) in [6, 6.07) is 6.92. The van der Waals surface area contributed by atoms with E-state index in [1.54, 1.807) is 60.7 Å². The molecular formula is C51H30N4O2. The summed E-state index contributed by atoms with van der Waals surface area (Å²) < 4.78 is 182. The summed E-state index contributed by atoms with van der Waals surface area (Å²) in [5, 5.41) is -0.0411. The molecule has 12 aromatic rings. The number of nitrogens with zero attached hydrogens (tertiary/aromatic N) is 4. The summed E-state index contributed by atoms with van der Waals surface area (Å²) in [6.07, 6.45) is 0. The van der Waals surface area contributed by atoms with E-state index in [2.05, 4.69) is 4.98 Å². The number of hydrogen-bond donors (Lipinski definition) is 0. The van der Waals surface area contributed by atoms with E-state index in [0.29, 0.717) is 16.3 Å². The van der Waals surface area contributed by atoms with E-state index in [-0.39, 0.29) is 83.0 Å². The first-order valence-electron chi connectivity index (χ1n) is 27.0. The summed E-state index contributed by atoms with van der Waals surface area (Å²) in [7, 11) is 0. The third-order valence-electron chi connectivity index (χ3n) is 9.68. The van der Waals surface area contributed by atoms with Crippen molar-refractivity contribution < 1.29 is 34.9 Å². The van der Waals surface area contributed by atoms with Crippen LogP contribution in [-0.4, -0.2) is 19.5 Å². The van der Waals surface area contributed by atoms with Crippen LogP contribution in [0.2, 0.25) is 0 Å². The first-order valence-corrected chi connectivity index (χ1v) is 17.5. The highest BCUT2D eigenvalue weighted by molar-refractivity contribution is 6.18. The number of aromatic nitrogens is 4. The van der Waals surface area contributed by atoms with Crippen LogP contribution in [0.1, 0.15) is 26.0 Å². The van der Waals surface area contributed by atoms with Crippen LogP contribution in [0, 0.1) is 0 Å². The Bertz CT molecular complexity index is 4590. The summed E-state index contributed by atoms with van der Waals surface area (Å²) >= 11 is 0. The van der Waals surface area contributed by atoms with Gasteiger partial charge in [0.2, 0.25) is 5.95 Å². The van der Waals surface area contributed by atoms with Gasteiger partial charge in [-0.1, -0.05) is 139 Å². The minimum Gasteiger partial charge on any atom is -0.456 e. The summed E-state index contributed by atoms with van der Waals surface area (Å²) in [4.78, 5) is 14.3. The number of fused-ring (bicyclic) bond motifs is 9. The van der Waals surface area contributed by atoms with Gasteiger partial charge in [0.1, 0.15) is 22.3 Å². The average Bonchev–Trinajstić information content (AvgIpc) is 4.32. The lowest BCUT2D eigenvalue weighted by molar-refractivity contribution is 0.668. The molecule has 4 heterocycles. The Hall–Kier alpha value is -7.83. The molecule has 4 aromatic heterocycles. The smallest absolute Gasteiger partial charge is 0.238 e. The van der Waals surface area contributed by atoms with Crippen molar-refractivity contribution in [2.75, 3.05) is 0 Å². The van der Waals surface area contributed by atoms with Crippen LogP contribution < -0.4 is 0 Å². The zero-order valence-electron chi connectivity index (χ0n) is 48.0. The Kier molecular flexibility index (Phi) is 3.94. The topological polar surface area (TPSA) is 69.9 Å². The van der Waals surface area contributed by atoms with Crippen LogP contribution in [0.15, 0.2) is 190 Å². The third-order valence-corrected chi connectivity index (χ3v) is 9.68. The SMILES string of the molecule is [2H]c1c([2H])c([2H])c(-c2nc(-c3ccc4c(c3)oc3cccc(-c5c([2H])c([2H])c([2H])c([2H])c5[2H])c34)nc(-n3c4c([2H])c(-c5ccccc5)c([2H])c([2H])c4c4c([2H])c5c(oc6c([2H])c([2H])c([2H])c([2H])c65)c([2H])c43)n2)c([2H])c1[2H]. The van der Waals surface area contributed by atoms with Gasteiger partial charge >= 0.3 is 0 Å². The minimum absolute atomic E-state index is 0.0399. The van der Waals surface area contributed by atoms with Gasteiger partial charge in [-0.15, -0.1) is 0 Å². The monoisotopic (exact) mass is 749 g/mol. The van der Waals surface area contributed by atoms with E-state index in [9.17, 15) is 6.85 Å². The van der Waals surface area contributed by atoms with E-state index < -0.39 is 132 Å². The first-order chi connectivity index (χ1) is 36.2. The maximum absolute atomic E-state index is 9.90. The summed E-state index contributed by atoms with van der Waals surface area (Å²) in [5.74, 6) is -1.21. The molecule has 0 spiro atoms. The molecule has 0 aliphatic heterocycles. The van der Waals surface area contributed by atoms with Crippen LogP contribution in [0.25, 0.3) is 117 Å². The molecule has 12 rings (SSSR count). The van der Waals surface area contributed by atoms with Gasteiger partial charge in [0, 0.05) is 49.5 Å². The van der Waals surface area contributed by atoms with Crippen LogP contribution in [0.5, 0.6) is 0 Å². The predicted octanol–water partition coefficient (Wildman–Crippen LogP) is 13.4. The van der Waals surface area contributed by atoms with E-state index in [0.717, 1.165) is 4.57 Å². The van der Waals surface area contributed by atoms with Crippen molar-refractivity contribution in [3.05, 3.63) is 182 Å². The highest BCUT2D eigenvalue weighted by Crippen LogP contribution is 2.41. The van der Waals surface area contributed by atoms with Crippen LogP contribution in [0.3, 0.4) is 0 Å². The highest BCUT2D eigenvalue weighted by Gasteiger charge is 2.22. The molecule has 0 radical (unpaired) electrons. The molecule has 0 amide bonds. The van der Waals surface area contributed by atoms with Gasteiger partial charge in [-0.3, -0.25) is 4.57 Å². The molecule has 0 unspecified atom stereocenters. The van der Waals surface area contributed by atoms with E-state index in [1.165, 1.54) is 6.07 Å². The Balaban J connectivity index is 1.23. The quantitative estimate of drug-likeness (QED) is 0.175. The standard InChI is InChI=1S/C51H30N4O2/c1-4-13-31(14-5-1)34-23-25-37-40-29-41-38-19-10-11-21-44(38)56-47(41)30-43(40)55(42(37)27-34)51-53-49(33-17-8-3-9-18-33)52-50(54-51)35-24-26-39-46(28-35)57-45-22-12-20-36(48(39)45)32-15-6-2-7-16-32/h1-30H/i2D,3D,6D,7D,8D,9D,10D,11D,15D,16D,17D,18D,19D,21D,23D,25D,27D,29D,30D. The highest BCUT2D eigenvalue weighted by atomic mass is 16.3. The second-order valence-corrected chi connectivity index (χ2v) is 12.9. The van der Waals surface area contributed by atoms with Gasteiger partial charge in [0.05, 0.1) is 37.1 Å². The zero-order valence-corrected chi connectivity index (χ0v) is 29.0. The molecule has 0 aliphatic carbocycles. The molecule has 0 atom stereocenters. The predicted molar refractivity (Wildman–Crippen MR) is 230 cm³/mol. The molecule has 6 heteroatoms. The lowest BCUT2D eigenvalue weighted by Crippen LogP contribution is -2.06. The van der Waals surface area contributed by atoms with E-state index in [4.69, 9.17) is 38.0 Å². The van der Waals surface area contributed by atoms with Gasteiger partial charge < -0.3 is 8.83 Å². The second-order valence-electron chi connectivity index (χ2n) is 12.9. The fraction of sp³-hybridized carbons (Fsp3) is 0. The summed E-state index contributed by atoms with van der Waals surface area (Å²) in [5.41, 5.74) is -0.581. The zero-order chi connectivity index (χ0) is 54.0. The lowest BCUT2D eigenvalue weighted by atomic mass is 9.99. The molecule has 0 aliphatic rings. The fourth-order valence-electron chi connectivity index (χ4n) is 7.16. The second kappa shape index (κ2) is 12.3. The maximum Gasteiger partial charge on any atom is 0.238 e. The van der Waals surface area contributed by atoms with Crippen LogP contribution in [-0.2, 0) is 0 Å². The molecule has 8 aromatic carbocycles.